The van der Waals surface area contributed by atoms with Crippen LogP contribution in [0.1, 0.15) is 39.7 Å². The van der Waals surface area contributed by atoms with Gasteiger partial charge in [0.05, 0.1) is 12.2 Å². The molecule has 0 aliphatic heterocycles. The summed E-state index contributed by atoms with van der Waals surface area (Å²) >= 11 is 0. The summed E-state index contributed by atoms with van der Waals surface area (Å²) < 4.78 is 0. The van der Waals surface area contributed by atoms with Crippen molar-refractivity contribution in [2.45, 2.75) is 31.0 Å². The van der Waals surface area contributed by atoms with E-state index in [9.17, 15) is 10.2 Å². The first kappa shape index (κ1) is 11.2. The molecule has 2 aromatic rings. The van der Waals surface area contributed by atoms with E-state index in [0.29, 0.717) is 0 Å². The Labute approximate surface area is 112 Å². The molecule has 0 saturated heterocycles. The van der Waals surface area contributed by atoms with E-state index in [4.69, 9.17) is 0 Å². The van der Waals surface area contributed by atoms with Crippen molar-refractivity contribution in [3.8, 4) is 0 Å². The molecule has 96 valence electrons. The molecule has 2 heteroatoms. The summed E-state index contributed by atoms with van der Waals surface area (Å²) in [6.07, 6.45) is -1.40. The maximum absolute atomic E-state index is 10.4. The standard InChI is InChI=1S/C17H16O2/c1-9-6-7-12-13(8-9)15-11-5-3-2-4-10(11)14(12)16(18)17(15)19/h2-8,14-19H,1H3/t14-,15+,16?,17?/m1/s1. The van der Waals surface area contributed by atoms with Crippen molar-refractivity contribution in [1.82, 2.24) is 0 Å². The Morgan fingerprint density at radius 3 is 1.89 bits per heavy atom. The van der Waals surface area contributed by atoms with Gasteiger partial charge in [-0.3, -0.25) is 0 Å². The number of aliphatic hydroxyl groups is 2. The molecule has 2 nitrogen and oxygen atoms in total. The Morgan fingerprint density at radius 1 is 0.737 bits per heavy atom. The second-order valence-corrected chi connectivity index (χ2v) is 5.70. The topological polar surface area (TPSA) is 40.5 Å². The first-order chi connectivity index (χ1) is 9.18. The summed E-state index contributed by atoms with van der Waals surface area (Å²) in [5.74, 6) is -0.183. The van der Waals surface area contributed by atoms with Crippen LogP contribution < -0.4 is 0 Å². The molecule has 0 saturated carbocycles. The number of benzene rings is 2. The largest absolute Gasteiger partial charge is 0.389 e. The fourth-order valence-corrected chi connectivity index (χ4v) is 3.79. The van der Waals surface area contributed by atoms with Crippen LogP contribution in [0.5, 0.6) is 0 Å². The van der Waals surface area contributed by atoms with Gasteiger partial charge in [0, 0.05) is 11.8 Å². The fourth-order valence-electron chi connectivity index (χ4n) is 3.79. The van der Waals surface area contributed by atoms with Crippen molar-refractivity contribution in [3.63, 3.8) is 0 Å². The molecule has 0 amide bonds. The number of fused-ring (bicyclic) bond motifs is 1. The highest BCUT2D eigenvalue weighted by Crippen LogP contribution is 2.52. The van der Waals surface area contributed by atoms with E-state index in [1.807, 2.05) is 12.1 Å². The minimum Gasteiger partial charge on any atom is -0.389 e. The summed E-state index contributed by atoms with van der Waals surface area (Å²) in [4.78, 5) is 0. The van der Waals surface area contributed by atoms with Crippen LogP contribution in [-0.2, 0) is 0 Å². The van der Waals surface area contributed by atoms with E-state index < -0.39 is 12.2 Å². The van der Waals surface area contributed by atoms with E-state index >= 15 is 0 Å². The van der Waals surface area contributed by atoms with Crippen molar-refractivity contribution in [1.29, 1.82) is 0 Å². The zero-order valence-electron chi connectivity index (χ0n) is 10.7. The lowest BCUT2D eigenvalue weighted by molar-refractivity contribution is -0.0154. The molecule has 3 aliphatic rings. The van der Waals surface area contributed by atoms with Gasteiger partial charge in [0.2, 0.25) is 0 Å². The Hall–Kier alpha value is -1.64. The Balaban J connectivity index is 2.05. The molecule has 3 aliphatic carbocycles. The van der Waals surface area contributed by atoms with Crippen LogP contribution in [0.15, 0.2) is 42.5 Å². The van der Waals surface area contributed by atoms with Gasteiger partial charge in [-0.2, -0.15) is 0 Å². The van der Waals surface area contributed by atoms with Gasteiger partial charge in [0.25, 0.3) is 0 Å². The molecule has 2 aromatic carbocycles. The van der Waals surface area contributed by atoms with E-state index in [1.54, 1.807) is 0 Å². The summed E-state index contributed by atoms with van der Waals surface area (Å²) in [6, 6.07) is 14.5. The number of hydrogen-bond acceptors (Lipinski definition) is 2. The van der Waals surface area contributed by atoms with Gasteiger partial charge >= 0.3 is 0 Å². The third-order valence-electron chi connectivity index (χ3n) is 4.61. The van der Waals surface area contributed by atoms with Gasteiger partial charge in [0.15, 0.2) is 0 Å². The number of hydrogen-bond donors (Lipinski definition) is 2. The fraction of sp³-hybridized carbons (Fsp3) is 0.294. The van der Waals surface area contributed by atoms with Gasteiger partial charge in [-0.15, -0.1) is 0 Å². The predicted octanol–water partition coefficient (Wildman–Crippen LogP) is 2.31. The Kier molecular flexibility index (Phi) is 2.17. The maximum Gasteiger partial charge on any atom is 0.0917 e. The van der Waals surface area contributed by atoms with Crippen molar-refractivity contribution in [3.05, 3.63) is 70.3 Å². The number of aryl methyl sites for hydroxylation is 1. The highest BCUT2D eigenvalue weighted by molar-refractivity contribution is 5.58. The van der Waals surface area contributed by atoms with Crippen LogP contribution in [0, 0.1) is 6.92 Å². The van der Waals surface area contributed by atoms with Gasteiger partial charge in [-0.25, -0.2) is 0 Å². The maximum atomic E-state index is 10.4. The lowest BCUT2D eigenvalue weighted by Crippen LogP contribution is -2.47. The molecule has 5 rings (SSSR count). The predicted molar refractivity (Wildman–Crippen MR) is 73.3 cm³/mol. The molecule has 2 N–H and O–H groups in total. The van der Waals surface area contributed by atoms with Crippen molar-refractivity contribution in [2.24, 2.45) is 0 Å². The minimum atomic E-state index is -0.700. The van der Waals surface area contributed by atoms with Gasteiger partial charge in [-0.1, -0.05) is 48.0 Å². The zero-order chi connectivity index (χ0) is 13.1. The third-order valence-corrected chi connectivity index (χ3v) is 4.61. The van der Waals surface area contributed by atoms with Crippen molar-refractivity contribution >= 4 is 0 Å². The first-order valence-electron chi connectivity index (χ1n) is 6.74. The molecular weight excluding hydrogens is 236 g/mol. The second kappa shape index (κ2) is 3.69. The second-order valence-electron chi connectivity index (χ2n) is 5.70. The molecule has 0 heterocycles. The van der Waals surface area contributed by atoms with E-state index in [2.05, 4.69) is 37.3 Å². The van der Waals surface area contributed by atoms with Gasteiger partial charge in [-0.05, 0) is 29.2 Å². The van der Waals surface area contributed by atoms with Crippen LogP contribution in [-0.4, -0.2) is 22.4 Å². The van der Waals surface area contributed by atoms with Crippen molar-refractivity contribution < 1.29 is 10.2 Å². The quantitative estimate of drug-likeness (QED) is 0.755. The average Bonchev–Trinajstić information content (AvgIpc) is 2.42. The third kappa shape index (κ3) is 1.33. The molecule has 0 spiro atoms. The normalized spacial score (nSPS) is 30.9. The molecule has 0 fully saturated rings. The highest BCUT2D eigenvalue weighted by atomic mass is 16.3. The molecule has 0 radical (unpaired) electrons. The van der Waals surface area contributed by atoms with E-state index in [0.717, 1.165) is 0 Å². The first-order valence-corrected chi connectivity index (χ1v) is 6.74. The summed E-state index contributed by atoms with van der Waals surface area (Å²) in [5.41, 5.74) is 5.89. The highest BCUT2D eigenvalue weighted by Gasteiger charge is 2.48. The Bertz CT molecular complexity index is 662. The monoisotopic (exact) mass is 252 g/mol. The van der Waals surface area contributed by atoms with Crippen LogP contribution in [0.2, 0.25) is 0 Å². The summed E-state index contributed by atoms with van der Waals surface area (Å²) in [7, 11) is 0. The summed E-state index contributed by atoms with van der Waals surface area (Å²) in [5, 5.41) is 20.8. The molecular formula is C17H16O2. The van der Waals surface area contributed by atoms with Gasteiger partial charge < -0.3 is 10.2 Å². The van der Waals surface area contributed by atoms with E-state index in [1.165, 1.54) is 27.8 Å². The number of rotatable bonds is 0. The van der Waals surface area contributed by atoms with E-state index in [-0.39, 0.29) is 11.8 Å². The zero-order valence-corrected chi connectivity index (χ0v) is 10.7. The van der Waals surface area contributed by atoms with Crippen LogP contribution >= 0.6 is 0 Å². The Morgan fingerprint density at radius 2 is 1.26 bits per heavy atom. The van der Waals surface area contributed by atoms with Gasteiger partial charge in [0.1, 0.15) is 0 Å². The molecule has 19 heavy (non-hydrogen) atoms. The van der Waals surface area contributed by atoms with Crippen molar-refractivity contribution in [2.75, 3.05) is 0 Å². The number of aliphatic hydroxyl groups excluding tert-OH is 2. The van der Waals surface area contributed by atoms with Crippen LogP contribution in [0.3, 0.4) is 0 Å². The molecule has 4 atom stereocenters. The van der Waals surface area contributed by atoms with Crippen LogP contribution in [0.25, 0.3) is 0 Å². The molecule has 2 unspecified atom stereocenters. The smallest absolute Gasteiger partial charge is 0.0917 e. The molecule has 0 aromatic heterocycles. The summed E-state index contributed by atoms with van der Waals surface area (Å²) in [6.45, 7) is 2.07. The van der Waals surface area contributed by atoms with Crippen LogP contribution in [0.4, 0.5) is 0 Å². The lowest BCUT2D eigenvalue weighted by Gasteiger charge is -2.46. The SMILES string of the molecule is Cc1ccc2c(c1)[C@@H]1c3ccccc3[C@H]2C(O)C1O. The minimum absolute atomic E-state index is 0.0909. The molecule has 2 bridgehead atoms. The average molecular weight is 252 g/mol. The lowest BCUT2D eigenvalue weighted by atomic mass is 9.61.